The molecule has 2 fully saturated rings. The molecule has 2 aliphatic heterocycles. The molecule has 5 heteroatoms. The summed E-state index contributed by atoms with van der Waals surface area (Å²) in [7, 11) is 0. The predicted octanol–water partition coefficient (Wildman–Crippen LogP) is 1.60. The zero-order valence-electron chi connectivity index (χ0n) is 12.2. The SMILES string of the molecule is O=C(c1cccc2cccnc12)N1C[C@H](O)[C@]2(CCCO2)C1. The highest BCUT2D eigenvalue weighted by Crippen LogP contribution is 2.36. The zero-order valence-corrected chi connectivity index (χ0v) is 12.2. The van der Waals surface area contributed by atoms with Crippen molar-refractivity contribution in [3.8, 4) is 0 Å². The lowest BCUT2D eigenvalue weighted by Gasteiger charge is -2.25. The van der Waals surface area contributed by atoms with Gasteiger partial charge in [-0.05, 0) is 25.0 Å². The number of β-amino-alcohol motifs (C(OH)–C–C–N with tert-alkyl or cyclic N) is 1. The van der Waals surface area contributed by atoms with Crippen LogP contribution in [0, 0.1) is 0 Å². The summed E-state index contributed by atoms with van der Waals surface area (Å²) < 4.78 is 5.76. The van der Waals surface area contributed by atoms with Crippen LogP contribution in [0.25, 0.3) is 10.9 Å². The third kappa shape index (κ3) is 2.01. The number of pyridine rings is 1. The van der Waals surface area contributed by atoms with Crippen molar-refractivity contribution in [2.45, 2.75) is 24.5 Å². The van der Waals surface area contributed by atoms with Crippen LogP contribution >= 0.6 is 0 Å². The first kappa shape index (κ1) is 13.7. The Morgan fingerprint density at radius 1 is 1.36 bits per heavy atom. The first-order valence-corrected chi connectivity index (χ1v) is 7.65. The van der Waals surface area contributed by atoms with Gasteiger partial charge in [-0.1, -0.05) is 18.2 Å². The molecule has 5 nitrogen and oxygen atoms in total. The molecule has 0 bridgehead atoms. The lowest BCUT2D eigenvalue weighted by molar-refractivity contribution is -0.0590. The van der Waals surface area contributed by atoms with Crippen LogP contribution in [0.4, 0.5) is 0 Å². The van der Waals surface area contributed by atoms with Gasteiger partial charge in [-0.3, -0.25) is 9.78 Å². The topological polar surface area (TPSA) is 62.7 Å². The number of amides is 1. The lowest BCUT2D eigenvalue weighted by atomic mass is 9.97. The van der Waals surface area contributed by atoms with Crippen LogP contribution in [0.15, 0.2) is 36.5 Å². The highest BCUT2D eigenvalue weighted by atomic mass is 16.5. The molecule has 2 aromatic rings. The van der Waals surface area contributed by atoms with Crippen molar-refractivity contribution >= 4 is 16.8 Å². The Morgan fingerprint density at radius 3 is 3.05 bits per heavy atom. The number of aromatic nitrogens is 1. The maximum atomic E-state index is 12.9. The van der Waals surface area contributed by atoms with E-state index < -0.39 is 11.7 Å². The number of carbonyl (C=O) groups is 1. The van der Waals surface area contributed by atoms with E-state index in [0.29, 0.717) is 30.8 Å². The van der Waals surface area contributed by atoms with Crippen LogP contribution < -0.4 is 0 Å². The van der Waals surface area contributed by atoms with Crippen molar-refractivity contribution in [1.29, 1.82) is 0 Å². The van der Waals surface area contributed by atoms with Gasteiger partial charge in [-0.15, -0.1) is 0 Å². The second-order valence-corrected chi connectivity index (χ2v) is 6.10. The molecule has 1 aromatic carbocycles. The fourth-order valence-electron chi connectivity index (χ4n) is 3.58. The number of para-hydroxylation sites is 1. The van der Waals surface area contributed by atoms with Crippen LogP contribution in [-0.4, -0.2) is 52.3 Å². The van der Waals surface area contributed by atoms with Gasteiger partial charge in [-0.25, -0.2) is 0 Å². The van der Waals surface area contributed by atoms with Gasteiger partial charge in [0.05, 0.1) is 17.6 Å². The number of ether oxygens (including phenoxy) is 1. The van der Waals surface area contributed by atoms with E-state index in [1.165, 1.54) is 0 Å². The quantitative estimate of drug-likeness (QED) is 0.868. The van der Waals surface area contributed by atoms with Gasteiger partial charge in [0, 0.05) is 24.7 Å². The highest BCUT2D eigenvalue weighted by Gasteiger charge is 2.50. The van der Waals surface area contributed by atoms with Gasteiger partial charge >= 0.3 is 0 Å². The molecule has 2 saturated heterocycles. The number of fused-ring (bicyclic) bond motifs is 1. The minimum atomic E-state index is -0.609. The average Bonchev–Trinajstić information content (AvgIpc) is 3.15. The molecular formula is C17H18N2O3. The van der Waals surface area contributed by atoms with Crippen molar-refractivity contribution in [1.82, 2.24) is 9.88 Å². The maximum absolute atomic E-state index is 12.9. The molecule has 1 aromatic heterocycles. The van der Waals surface area contributed by atoms with Crippen LogP contribution in [0.3, 0.4) is 0 Å². The number of aliphatic hydroxyl groups excluding tert-OH is 1. The van der Waals surface area contributed by atoms with Crippen molar-refractivity contribution in [3.63, 3.8) is 0 Å². The van der Waals surface area contributed by atoms with Gasteiger partial charge < -0.3 is 14.7 Å². The molecule has 0 saturated carbocycles. The first-order valence-electron chi connectivity index (χ1n) is 7.65. The van der Waals surface area contributed by atoms with Crippen molar-refractivity contribution in [2.75, 3.05) is 19.7 Å². The van der Waals surface area contributed by atoms with E-state index >= 15 is 0 Å². The predicted molar refractivity (Wildman–Crippen MR) is 81.6 cm³/mol. The zero-order chi connectivity index (χ0) is 15.2. The van der Waals surface area contributed by atoms with E-state index in [4.69, 9.17) is 4.74 Å². The summed E-state index contributed by atoms with van der Waals surface area (Å²) in [4.78, 5) is 18.9. The molecule has 2 atom stereocenters. The Kier molecular flexibility index (Phi) is 3.13. The summed E-state index contributed by atoms with van der Waals surface area (Å²) >= 11 is 0. The molecule has 4 rings (SSSR count). The van der Waals surface area contributed by atoms with Gasteiger partial charge in [0.2, 0.25) is 0 Å². The summed E-state index contributed by atoms with van der Waals surface area (Å²) in [6, 6.07) is 9.41. The Labute approximate surface area is 128 Å². The van der Waals surface area contributed by atoms with E-state index in [1.807, 2.05) is 24.3 Å². The molecule has 114 valence electrons. The molecule has 0 aliphatic carbocycles. The lowest BCUT2D eigenvalue weighted by Crippen LogP contribution is -2.41. The van der Waals surface area contributed by atoms with Crippen molar-refractivity contribution < 1.29 is 14.6 Å². The van der Waals surface area contributed by atoms with E-state index in [-0.39, 0.29) is 5.91 Å². The Morgan fingerprint density at radius 2 is 2.23 bits per heavy atom. The van der Waals surface area contributed by atoms with Crippen LogP contribution in [0.5, 0.6) is 0 Å². The molecule has 2 aliphatic rings. The van der Waals surface area contributed by atoms with Crippen LogP contribution in [0.2, 0.25) is 0 Å². The number of aliphatic hydroxyl groups is 1. The Balaban J connectivity index is 1.67. The summed E-state index contributed by atoms with van der Waals surface area (Å²) in [6.07, 6.45) is 2.84. The van der Waals surface area contributed by atoms with Gasteiger partial charge in [0.1, 0.15) is 11.7 Å². The average molecular weight is 298 g/mol. The largest absolute Gasteiger partial charge is 0.388 e. The Bertz CT molecular complexity index is 719. The first-order chi connectivity index (χ1) is 10.7. The highest BCUT2D eigenvalue weighted by molar-refractivity contribution is 6.05. The molecule has 0 unspecified atom stereocenters. The minimum absolute atomic E-state index is 0.0873. The molecule has 1 amide bonds. The fraction of sp³-hybridized carbons (Fsp3) is 0.412. The molecule has 1 spiro atoms. The van der Waals surface area contributed by atoms with E-state index in [9.17, 15) is 9.90 Å². The summed E-state index contributed by atoms with van der Waals surface area (Å²) in [5.74, 6) is -0.0873. The number of hydrogen-bond acceptors (Lipinski definition) is 4. The monoisotopic (exact) mass is 298 g/mol. The third-order valence-corrected chi connectivity index (χ3v) is 4.74. The summed E-state index contributed by atoms with van der Waals surface area (Å²) in [5.41, 5.74) is 0.728. The summed E-state index contributed by atoms with van der Waals surface area (Å²) in [5, 5.41) is 11.3. The summed E-state index contributed by atoms with van der Waals surface area (Å²) in [6.45, 7) is 1.44. The Hall–Kier alpha value is -1.98. The second kappa shape index (κ2) is 5.04. The number of carbonyl (C=O) groups excluding carboxylic acids is 1. The van der Waals surface area contributed by atoms with Crippen molar-refractivity contribution in [2.24, 2.45) is 0 Å². The molecule has 22 heavy (non-hydrogen) atoms. The molecule has 1 N–H and O–H groups in total. The standard InChI is InChI=1S/C17H18N2O3/c20-14-10-19(11-17(14)7-3-9-22-17)16(21)13-6-1-4-12-5-2-8-18-15(12)13/h1-2,4-6,8,14,20H,3,7,9-11H2/t14-,17-/m0/s1. The third-order valence-electron chi connectivity index (χ3n) is 4.74. The molecule has 3 heterocycles. The van der Waals surface area contributed by atoms with Gasteiger partial charge in [0.15, 0.2) is 0 Å². The maximum Gasteiger partial charge on any atom is 0.256 e. The molecular weight excluding hydrogens is 280 g/mol. The number of likely N-dealkylation sites (tertiary alicyclic amines) is 1. The van der Waals surface area contributed by atoms with Crippen molar-refractivity contribution in [3.05, 3.63) is 42.1 Å². The number of nitrogens with zero attached hydrogens (tertiary/aromatic N) is 2. The number of benzene rings is 1. The van der Waals surface area contributed by atoms with Crippen LogP contribution in [0.1, 0.15) is 23.2 Å². The van der Waals surface area contributed by atoms with Gasteiger partial charge in [-0.2, -0.15) is 0 Å². The number of rotatable bonds is 1. The minimum Gasteiger partial charge on any atom is -0.388 e. The van der Waals surface area contributed by atoms with E-state index in [1.54, 1.807) is 17.2 Å². The number of hydrogen-bond donors (Lipinski definition) is 1. The smallest absolute Gasteiger partial charge is 0.256 e. The fourth-order valence-corrected chi connectivity index (χ4v) is 3.58. The normalized spacial score (nSPS) is 27.9. The second-order valence-electron chi connectivity index (χ2n) is 6.10. The van der Waals surface area contributed by atoms with E-state index in [2.05, 4.69) is 4.98 Å². The van der Waals surface area contributed by atoms with Crippen LogP contribution in [-0.2, 0) is 4.74 Å². The van der Waals surface area contributed by atoms with E-state index in [0.717, 1.165) is 18.2 Å². The molecule has 0 radical (unpaired) electrons. The van der Waals surface area contributed by atoms with Gasteiger partial charge in [0.25, 0.3) is 5.91 Å².